The maximum Gasteiger partial charge on any atom is 0.306 e. The van der Waals surface area contributed by atoms with Gasteiger partial charge < -0.3 is 10.3 Å². The predicted octanol–water partition coefficient (Wildman–Crippen LogP) is 1.64. The molecule has 0 saturated carbocycles. The number of nitro benzene ring substituents is 1. The van der Waals surface area contributed by atoms with E-state index in [9.17, 15) is 14.9 Å². The van der Waals surface area contributed by atoms with Gasteiger partial charge in [-0.25, -0.2) is 0 Å². The average molecular weight is 291 g/mol. The number of anilines is 1. The Morgan fingerprint density at radius 1 is 1.57 bits per heavy atom. The summed E-state index contributed by atoms with van der Waals surface area (Å²) in [5.41, 5.74) is 1.86. The van der Waals surface area contributed by atoms with Crippen LogP contribution in [0.3, 0.4) is 0 Å². The SMILES string of the molecule is CC(C)N(CCC#N)C(=O)c1cccc(NN)c1[N+](=O)[O-]. The smallest absolute Gasteiger partial charge is 0.306 e. The molecule has 8 heteroatoms. The number of carbonyl (C=O) groups is 1. The molecule has 0 atom stereocenters. The molecule has 0 aliphatic rings. The number of nitro groups is 1. The van der Waals surface area contributed by atoms with Crippen molar-refractivity contribution in [2.45, 2.75) is 26.3 Å². The van der Waals surface area contributed by atoms with Crippen molar-refractivity contribution in [1.29, 1.82) is 5.26 Å². The van der Waals surface area contributed by atoms with Crippen LogP contribution >= 0.6 is 0 Å². The third-order valence-electron chi connectivity index (χ3n) is 2.95. The van der Waals surface area contributed by atoms with E-state index in [-0.39, 0.29) is 35.9 Å². The lowest BCUT2D eigenvalue weighted by atomic mass is 10.1. The van der Waals surface area contributed by atoms with Gasteiger partial charge in [0.25, 0.3) is 5.91 Å². The molecule has 0 radical (unpaired) electrons. The number of nitrogens with two attached hydrogens (primary N) is 1. The van der Waals surface area contributed by atoms with Crippen LogP contribution in [0.4, 0.5) is 11.4 Å². The van der Waals surface area contributed by atoms with Gasteiger partial charge in [0.2, 0.25) is 0 Å². The highest BCUT2D eigenvalue weighted by Crippen LogP contribution is 2.29. The van der Waals surface area contributed by atoms with E-state index in [1.54, 1.807) is 13.8 Å². The van der Waals surface area contributed by atoms with Crippen LogP contribution in [0.15, 0.2) is 18.2 Å². The Kier molecular flexibility index (Phi) is 5.63. The summed E-state index contributed by atoms with van der Waals surface area (Å²) in [5, 5.41) is 19.9. The molecule has 1 aromatic carbocycles. The van der Waals surface area contributed by atoms with Gasteiger partial charge in [-0.2, -0.15) is 5.26 Å². The quantitative estimate of drug-likeness (QED) is 0.466. The molecular weight excluding hydrogens is 274 g/mol. The Hall–Kier alpha value is -2.66. The number of hydrogen-bond acceptors (Lipinski definition) is 6. The fourth-order valence-electron chi connectivity index (χ4n) is 1.95. The van der Waals surface area contributed by atoms with Crippen LogP contribution < -0.4 is 11.3 Å². The molecule has 0 saturated heterocycles. The van der Waals surface area contributed by atoms with Crippen LogP contribution in [-0.2, 0) is 0 Å². The first kappa shape index (κ1) is 16.4. The van der Waals surface area contributed by atoms with Crippen LogP contribution in [0.25, 0.3) is 0 Å². The summed E-state index contributed by atoms with van der Waals surface area (Å²) in [6.07, 6.45) is 0.159. The van der Waals surface area contributed by atoms with Crippen molar-refractivity contribution in [1.82, 2.24) is 4.90 Å². The average Bonchev–Trinajstić information content (AvgIpc) is 2.45. The number of hydrazine groups is 1. The molecule has 3 N–H and O–H groups in total. The molecule has 21 heavy (non-hydrogen) atoms. The summed E-state index contributed by atoms with van der Waals surface area (Å²) in [6.45, 7) is 3.78. The molecule has 8 nitrogen and oxygen atoms in total. The number of nitrogens with one attached hydrogen (secondary N) is 1. The second-order valence-corrected chi connectivity index (χ2v) is 4.60. The summed E-state index contributed by atoms with van der Waals surface area (Å²) >= 11 is 0. The number of amides is 1. The number of carbonyl (C=O) groups excluding carboxylic acids is 1. The van der Waals surface area contributed by atoms with E-state index in [0.717, 1.165) is 0 Å². The molecule has 112 valence electrons. The lowest BCUT2D eigenvalue weighted by Crippen LogP contribution is -2.38. The second-order valence-electron chi connectivity index (χ2n) is 4.60. The first-order chi connectivity index (χ1) is 9.93. The molecule has 0 bridgehead atoms. The standard InChI is InChI=1S/C13H17N5O3/c1-9(2)17(8-4-7-14)13(19)10-5-3-6-11(16-15)12(10)18(20)21/h3,5-6,9,16H,4,8,15H2,1-2H3. The minimum atomic E-state index is -0.648. The van der Waals surface area contributed by atoms with E-state index >= 15 is 0 Å². The zero-order valence-corrected chi connectivity index (χ0v) is 11.9. The van der Waals surface area contributed by atoms with E-state index in [1.165, 1.54) is 23.1 Å². The molecular formula is C13H17N5O3. The number of benzene rings is 1. The first-order valence-electron chi connectivity index (χ1n) is 6.36. The largest absolute Gasteiger partial charge is 0.335 e. The zero-order valence-electron chi connectivity index (χ0n) is 11.9. The molecule has 1 aromatic rings. The van der Waals surface area contributed by atoms with Gasteiger partial charge in [-0.15, -0.1) is 0 Å². The lowest BCUT2D eigenvalue weighted by Gasteiger charge is -2.26. The first-order valence-corrected chi connectivity index (χ1v) is 6.36. The Morgan fingerprint density at radius 2 is 2.24 bits per heavy atom. The van der Waals surface area contributed by atoms with Crippen molar-refractivity contribution in [3.63, 3.8) is 0 Å². The molecule has 0 aliphatic carbocycles. The van der Waals surface area contributed by atoms with Gasteiger partial charge in [0.1, 0.15) is 11.3 Å². The van der Waals surface area contributed by atoms with E-state index in [4.69, 9.17) is 11.1 Å². The number of nitrogens with zero attached hydrogens (tertiary/aromatic N) is 3. The molecule has 0 heterocycles. The fourth-order valence-corrected chi connectivity index (χ4v) is 1.95. The molecule has 0 spiro atoms. The zero-order chi connectivity index (χ0) is 16.0. The van der Waals surface area contributed by atoms with Crippen molar-refractivity contribution in [2.24, 2.45) is 5.84 Å². The van der Waals surface area contributed by atoms with Crippen molar-refractivity contribution in [2.75, 3.05) is 12.0 Å². The van der Waals surface area contributed by atoms with Crippen molar-refractivity contribution in [3.05, 3.63) is 33.9 Å². The van der Waals surface area contributed by atoms with Gasteiger partial charge in [-0.05, 0) is 26.0 Å². The molecule has 1 rings (SSSR count). The third kappa shape index (κ3) is 3.67. The van der Waals surface area contributed by atoms with Crippen LogP contribution in [-0.4, -0.2) is 28.3 Å². The highest BCUT2D eigenvalue weighted by atomic mass is 16.6. The Morgan fingerprint density at radius 3 is 2.71 bits per heavy atom. The number of nitriles is 1. The summed E-state index contributed by atoms with van der Waals surface area (Å²) in [6, 6.07) is 6.09. The van der Waals surface area contributed by atoms with E-state index in [2.05, 4.69) is 5.43 Å². The summed E-state index contributed by atoms with van der Waals surface area (Å²) < 4.78 is 0. The van der Waals surface area contributed by atoms with Gasteiger partial charge in [-0.1, -0.05) is 6.07 Å². The summed E-state index contributed by atoms with van der Waals surface area (Å²) in [5.74, 6) is 4.75. The predicted molar refractivity (Wildman–Crippen MR) is 77.3 cm³/mol. The Labute approximate surface area is 122 Å². The Balaban J connectivity index is 3.28. The molecule has 0 fully saturated rings. The van der Waals surface area contributed by atoms with E-state index in [1.807, 2.05) is 6.07 Å². The van der Waals surface area contributed by atoms with Crippen LogP contribution in [0.1, 0.15) is 30.6 Å². The lowest BCUT2D eigenvalue weighted by molar-refractivity contribution is -0.384. The van der Waals surface area contributed by atoms with Gasteiger partial charge in [-0.3, -0.25) is 20.8 Å². The topological polar surface area (TPSA) is 125 Å². The highest BCUT2D eigenvalue weighted by Gasteiger charge is 2.28. The van der Waals surface area contributed by atoms with Gasteiger partial charge in [0.15, 0.2) is 0 Å². The van der Waals surface area contributed by atoms with Crippen molar-refractivity contribution >= 4 is 17.3 Å². The molecule has 0 unspecified atom stereocenters. The summed E-state index contributed by atoms with van der Waals surface area (Å²) in [7, 11) is 0. The molecule has 1 amide bonds. The number of rotatable bonds is 6. The molecule has 0 aromatic heterocycles. The van der Waals surface area contributed by atoms with Gasteiger partial charge in [0, 0.05) is 12.6 Å². The van der Waals surface area contributed by atoms with E-state index in [0.29, 0.717) is 0 Å². The summed E-state index contributed by atoms with van der Waals surface area (Å²) in [4.78, 5) is 24.5. The number of hydrogen-bond donors (Lipinski definition) is 2. The number of para-hydroxylation sites is 1. The van der Waals surface area contributed by atoms with Crippen molar-refractivity contribution < 1.29 is 9.72 Å². The van der Waals surface area contributed by atoms with Gasteiger partial charge in [0.05, 0.1) is 17.4 Å². The number of nitrogen functional groups attached to an aromatic ring is 1. The second kappa shape index (κ2) is 7.21. The van der Waals surface area contributed by atoms with E-state index < -0.39 is 10.8 Å². The molecule has 0 aliphatic heterocycles. The minimum Gasteiger partial charge on any atom is -0.335 e. The minimum absolute atomic E-state index is 0.0536. The maximum atomic E-state index is 12.5. The van der Waals surface area contributed by atoms with Gasteiger partial charge >= 0.3 is 5.69 Å². The normalized spacial score (nSPS) is 10.0. The van der Waals surface area contributed by atoms with Crippen LogP contribution in [0, 0.1) is 21.4 Å². The van der Waals surface area contributed by atoms with Crippen molar-refractivity contribution in [3.8, 4) is 6.07 Å². The van der Waals surface area contributed by atoms with Crippen LogP contribution in [0.5, 0.6) is 0 Å². The third-order valence-corrected chi connectivity index (χ3v) is 2.95. The monoisotopic (exact) mass is 291 g/mol. The maximum absolute atomic E-state index is 12.5. The Bertz CT molecular complexity index is 580. The van der Waals surface area contributed by atoms with Crippen LogP contribution in [0.2, 0.25) is 0 Å². The highest BCUT2D eigenvalue weighted by molar-refractivity contribution is 6.00. The fraction of sp³-hybridized carbons (Fsp3) is 0.385.